The van der Waals surface area contributed by atoms with Crippen molar-refractivity contribution >= 4 is 11.6 Å². The Labute approximate surface area is 103 Å². The van der Waals surface area contributed by atoms with Gasteiger partial charge in [0.2, 0.25) is 0 Å². The van der Waals surface area contributed by atoms with E-state index in [1.807, 2.05) is 6.92 Å². The number of benzene rings is 1. The fraction of sp³-hybridized carbons (Fsp3) is 0.455. The van der Waals surface area contributed by atoms with Crippen LogP contribution in [-0.2, 0) is 0 Å². The zero-order valence-electron chi connectivity index (χ0n) is 9.44. The van der Waals surface area contributed by atoms with Crippen LogP contribution in [0.3, 0.4) is 0 Å². The summed E-state index contributed by atoms with van der Waals surface area (Å²) in [4.78, 5) is 0. The van der Waals surface area contributed by atoms with E-state index < -0.39 is 12.8 Å². The first-order valence-electron chi connectivity index (χ1n) is 5.00. The molecule has 17 heavy (non-hydrogen) atoms. The van der Waals surface area contributed by atoms with E-state index in [0.717, 1.165) is 5.56 Å². The molecule has 1 N–H and O–H groups in total. The van der Waals surface area contributed by atoms with Crippen LogP contribution in [0, 0.1) is 0 Å². The molecule has 1 aromatic rings. The average Bonchev–Trinajstić information content (AvgIpc) is 2.25. The Morgan fingerprint density at radius 1 is 1.41 bits per heavy atom. The molecular formula is C11H13ClF3NO. The summed E-state index contributed by atoms with van der Waals surface area (Å²) in [6, 6.07) is 4.79. The SMILES string of the molecule is CNC(C)c1ccc(OCC(F)(F)F)c(Cl)c1. The first-order valence-corrected chi connectivity index (χ1v) is 5.37. The second-order valence-corrected chi connectivity index (χ2v) is 4.01. The van der Waals surface area contributed by atoms with Crippen molar-refractivity contribution in [1.82, 2.24) is 5.32 Å². The van der Waals surface area contributed by atoms with Gasteiger partial charge in [-0.1, -0.05) is 17.7 Å². The maximum absolute atomic E-state index is 12.0. The van der Waals surface area contributed by atoms with Crippen molar-refractivity contribution < 1.29 is 17.9 Å². The van der Waals surface area contributed by atoms with E-state index in [4.69, 9.17) is 11.6 Å². The van der Waals surface area contributed by atoms with Crippen molar-refractivity contribution in [2.24, 2.45) is 0 Å². The van der Waals surface area contributed by atoms with Gasteiger partial charge in [-0.3, -0.25) is 0 Å². The first kappa shape index (κ1) is 14.1. The first-order chi connectivity index (χ1) is 7.83. The van der Waals surface area contributed by atoms with E-state index in [2.05, 4.69) is 10.1 Å². The summed E-state index contributed by atoms with van der Waals surface area (Å²) in [6.45, 7) is 0.579. The third-order valence-electron chi connectivity index (χ3n) is 2.28. The largest absolute Gasteiger partial charge is 0.483 e. The monoisotopic (exact) mass is 267 g/mol. The topological polar surface area (TPSA) is 21.3 Å². The van der Waals surface area contributed by atoms with Gasteiger partial charge < -0.3 is 10.1 Å². The molecule has 0 aliphatic rings. The molecule has 1 unspecified atom stereocenters. The fourth-order valence-electron chi connectivity index (χ4n) is 1.23. The number of rotatable bonds is 4. The van der Waals surface area contributed by atoms with Crippen molar-refractivity contribution in [3.8, 4) is 5.75 Å². The summed E-state index contributed by atoms with van der Waals surface area (Å²) >= 11 is 5.84. The smallest absolute Gasteiger partial charge is 0.422 e. The van der Waals surface area contributed by atoms with Crippen molar-refractivity contribution in [3.63, 3.8) is 0 Å². The number of ether oxygens (including phenoxy) is 1. The van der Waals surface area contributed by atoms with Gasteiger partial charge in [0.05, 0.1) is 5.02 Å². The van der Waals surface area contributed by atoms with Gasteiger partial charge in [-0.25, -0.2) is 0 Å². The molecule has 0 fully saturated rings. The van der Waals surface area contributed by atoms with E-state index in [1.54, 1.807) is 19.2 Å². The molecular weight excluding hydrogens is 255 g/mol. The lowest BCUT2D eigenvalue weighted by Gasteiger charge is -2.14. The van der Waals surface area contributed by atoms with Crippen molar-refractivity contribution in [2.75, 3.05) is 13.7 Å². The quantitative estimate of drug-likeness (QED) is 0.901. The Kier molecular flexibility index (Phi) is 4.65. The molecule has 6 heteroatoms. The summed E-state index contributed by atoms with van der Waals surface area (Å²) in [6.07, 6.45) is -4.36. The highest BCUT2D eigenvalue weighted by molar-refractivity contribution is 6.32. The minimum absolute atomic E-state index is 0.0380. The summed E-state index contributed by atoms with van der Waals surface area (Å²) < 4.78 is 40.5. The molecule has 1 rings (SSSR count). The minimum atomic E-state index is -4.36. The van der Waals surface area contributed by atoms with Gasteiger partial charge in [0.25, 0.3) is 0 Å². The Bertz CT molecular complexity index is 381. The molecule has 2 nitrogen and oxygen atoms in total. The minimum Gasteiger partial charge on any atom is -0.483 e. The average molecular weight is 268 g/mol. The second kappa shape index (κ2) is 5.60. The summed E-state index contributed by atoms with van der Waals surface area (Å²) in [5.74, 6) is 0.0380. The lowest BCUT2D eigenvalue weighted by molar-refractivity contribution is -0.153. The zero-order valence-corrected chi connectivity index (χ0v) is 10.2. The van der Waals surface area contributed by atoms with Crippen LogP contribution in [0.1, 0.15) is 18.5 Å². The molecule has 0 aromatic heterocycles. The van der Waals surface area contributed by atoms with Gasteiger partial charge in [0.15, 0.2) is 6.61 Å². The van der Waals surface area contributed by atoms with Gasteiger partial charge in [-0.05, 0) is 31.7 Å². The van der Waals surface area contributed by atoms with Crippen LogP contribution in [0.5, 0.6) is 5.75 Å². The van der Waals surface area contributed by atoms with Gasteiger partial charge in [-0.2, -0.15) is 13.2 Å². The molecule has 0 saturated heterocycles. The number of hydrogen-bond acceptors (Lipinski definition) is 2. The number of alkyl halides is 3. The maximum Gasteiger partial charge on any atom is 0.422 e. The lowest BCUT2D eigenvalue weighted by Crippen LogP contribution is -2.19. The highest BCUT2D eigenvalue weighted by Gasteiger charge is 2.28. The maximum atomic E-state index is 12.0. The van der Waals surface area contributed by atoms with E-state index >= 15 is 0 Å². The summed E-state index contributed by atoms with van der Waals surface area (Å²) in [5.41, 5.74) is 0.886. The van der Waals surface area contributed by atoms with Crippen LogP contribution in [0.2, 0.25) is 5.02 Å². The Morgan fingerprint density at radius 3 is 2.53 bits per heavy atom. The highest BCUT2D eigenvalue weighted by Crippen LogP contribution is 2.29. The van der Waals surface area contributed by atoms with Crippen LogP contribution >= 0.6 is 11.6 Å². The molecule has 0 radical (unpaired) electrons. The third kappa shape index (κ3) is 4.44. The molecule has 1 aromatic carbocycles. The van der Waals surface area contributed by atoms with Gasteiger partial charge in [-0.15, -0.1) is 0 Å². The predicted molar refractivity (Wildman–Crippen MR) is 60.5 cm³/mol. The van der Waals surface area contributed by atoms with E-state index in [-0.39, 0.29) is 16.8 Å². The lowest BCUT2D eigenvalue weighted by atomic mass is 10.1. The van der Waals surface area contributed by atoms with Crippen LogP contribution in [0.15, 0.2) is 18.2 Å². The Hall–Kier alpha value is -0.940. The number of nitrogens with one attached hydrogen (secondary N) is 1. The van der Waals surface area contributed by atoms with Crippen molar-refractivity contribution in [2.45, 2.75) is 19.1 Å². The van der Waals surface area contributed by atoms with Crippen LogP contribution in [0.4, 0.5) is 13.2 Å². The third-order valence-corrected chi connectivity index (χ3v) is 2.58. The van der Waals surface area contributed by atoms with E-state index in [9.17, 15) is 13.2 Å². The molecule has 0 spiro atoms. The summed E-state index contributed by atoms with van der Waals surface area (Å²) in [7, 11) is 1.78. The fourth-order valence-corrected chi connectivity index (χ4v) is 1.47. The zero-order chi connectivity index (χ0) is 13.1. The Balaban J connectivity index is 2.76. The van der Waals surface area contributed by atoms with Gasteiger partial charge >= 0.3 is 6.18 Å². The second-order valence-electron chi connectivity index (χ2n) is 3.60. The van der Waals surface area contributed by atoms with Crippen LogP contribution < -0.4 is 10.1 Å². The molecule has 0 heterocycles. The van der Waals surface area contributed by atoms with E-state index in [0.29, 0.717) is 0 Å². The highest BCUT2D eigenvalue weighted by atomic mass is 35.5. The standard InChI is InChI=1S/C11H13ClF3NO/c1-7(16-2)8-3-4-10(9(12)5-8)17-6-11(13,14)15/h3-5,7,16H,6H2,1-2H3. The van der Waals surface area contributed by atoms with Crippen molar-refractivity contribution in [3.05, 3.63) is 28.8 Å². The molecule has 1 atom stereocenters. The molecule has 0 amide bonds. The number of hydrogen-bond donors (Lipinski definition) is 1. The summed E-state index contributed by atoms with van der Waals surface area (Å²) in [5, 5.41) is 3.18. The van der Waals surface area contributed by atoms with Gasteiger partial charge in [0, 0.05) is 6.04 Å². The Morgan fingerprint density at radius 2 is 2.06 bits per heavy atom. The van der Waals surface area contributed by atoms with Crippen molar-refractivity contribution in [1.29, 1.82) is 0 Å². The normalized spacial score (nSPS) is 13.5. The predicted octanol–water partition coefficient (Wildman–Crippen LogP) is 3.56. The number of halogens is 4. The van der Waals surface area contributed by atoms with Crippen LogP contribution in [-0.4, -0.2) is 19.8 Å². The molecule has 0 saturated carbocycles. The molecule has 0 aliphatic heterocycles. The molecule has 96 valence electrons. The van der Waals surface area contributed by atoms with E-state index in [1.165, 1.54) is 6.07 Å². The molecule has 0 bridgehead atoms. The molecule has 0 aliphatic carbocycles. The van der Waals surface area contributed by atoms with Gasteiger partial charge in [0.1, 0.15) is 5.75 Å². The van der Waals surface area contributed by atoms with Crippen LogP contribution in [0.25, 0.3) is 0 Å².